The van der Waals surface area contributed by atoms with Crippen LogP contribution in [0.1, 0.15) is 78.6 Å². The predicted molar refractivity (Wildman–Crippen MR) is 104 cm³/mol. The molecule has 148 valence electrons. The molecular weight excluding hydrogens is 328 g/mol. The van der Waals surface area contributed by atoms with E-state index in [1.807, 2.05) is 0 Å². The number of carbonyl (C=O) groups is 1. The summed E-state index contributed by atoms with van der Waals surface area (Å²) < 4.78 is 12.4. The van der Waals surface area contributed by atoms with Crippen LogP contribution in [0, 0.1) is 5.92 Å². The SMILES string of the molecule is CCCCC(C)=C(C)CO[C@H]1[C@H](CC=CCCCC(=O)O)[C@@H]2CC[C@H]1O2. The molecule has 2 rings (SSSR count). The van der Waals surface area contributed by atoms with Crippen LogP contribution in [0.3, 0.4) is 0 Å². The maximum atomic E-state index is 10.5. The van der Waals surface area contributed by atoms with Gasteiger partial charge >= 0.3 is 5.97 Å². The highest BCUT2D eigenvalue weighted by Crippen LogP contribution is 2.42. The molecule has 4 atom stereocenters. The normalized spacial score (nSPS) is 28.7. The van der Waals surface area contributed by atoms with Crippen LogP contribution >= 0.6 is 0 Å². The van der Waals surface area contributed by atoms with Crippen molar-refractivity contribution in [1.29, 1.82) is 0 Å². The fourth-order valence-electron chi connectivity index (χ4n) is 3.99. The molecule has 0 saturated carbocycles. The van der Waals surface area contributed by atoms with Crippen molar-refractivity contribution in [2.75, 3.05) is 6.61 Å². The summed E-state index contributed by atoms with van der Waals surface area (Å²) in [5.74, 6) is -0.278. The van der Waals surface area contributed by atoms with Crippen LogP contribution in [-0.2, 0) is 14.3 Å². The van der Waals surface area contributed by atoms with E-state index < -0.39 is 5.97 Å². The largest absolute Gasteiger partial charge is 0.481 e. The highest BCUT2D eigenvalue weighted by atomic mass is 16.6. The maximum Gasteiger partial charge on any atom is 0.303 e. The van der Waals surface area contributed by atoms with Crippen LogP contribution in [0.5, 0.6) is 0 Å². The van der Waals surface area contributed by atoms with Crippen molar-refractivity contribution in [3.63, 3.8) is 0 Å². The topological polar surface area (TPSA) is 55.8 Å². The molecule has 1 N–H and O–H groups in total. The molecule has 2 aliphatic rings. The number of carboxylic acid groups (broad SMARTS) is 1. The molecule has 0 amide bonds. The Labute approximate surface area is 158 Å². The van der Waals surface area contributed by atoms with Crippen LogP contribution in [-0.4, -0.2) is 36.0 Å². The lowest BCUT2D eigenvalue weighted by molar-refractivity contribution is -0.137. The van der Waals surface area contributed by atoms with Gasteiger partial charge in [0.1, 0.15) is 0 Å². The molecule has 0 aromatic heterocycles. The Hall–Kier alpha value is -1.13. The van der Waals surface area contributed by atoms with Gasteiger partial charge in [-0.2, -0.15) is 0 Å². The zero-order valence-electron chi connectivity index (χ0n) is 16.7. The number of carboxylic acids is 1. The monoisotopic (exact) mass is 364 g/mol. The molecule has 4 nitrogen and oxygen atoms in total. The Balaban J connectivity index is 1.80. The first-order valence-electron chi connectivity index (χ1n) is 10.3. The van der Waals surface area contributed by atoms with E-state index in [0.29, 0.717) is 25.0 Å². The second-order valence-electron chi connectivity index (χ2n) is 7.89. The molecule has 0 aromatic rings. The van der Waals surface area contributed by atoms with Crippen molar-refractivity contribution in [1.82, 2.24) is 0 Å². The first-order valence-corrected chi connectivity index (χ1v) is 10.3. The lowest BCUT2D eigenvalue weighted by Gasteiger charge is -2.27. The van der Waals surface area contributed by atoms with Crippen molar-refractivity contribution in [2.45, 2.75) is 96.9 Å². The summed E-state index contributed by atoms with van der Waals surface area (Å²) in [4.78, 5) is 10.5. The molecule has 0 unspecified atom stereocenters. The molecule has 0 radical (unpaired) electrons. The van der Waals surface area contributed by atoms with Crippen LogP contribution in [0.4, 0.5) is 0 Å². The molecule has 26 heavy (non-hydrogen) atoms. The van der Waals surface area contributed by atoms with Gasteiger partial charge in [0.25, 0.3) is 0 Å². The molecule has 2 aliphatic heterocycles. The van der Waals surface area contributed by atoms with Gasteiger partial charge in [-0.15, -0.1) is 0 Å². The molecule has 2 saturated heterocycles. The summed E-state index contributed by atoms with van der Waals surface area (Å²) in [6.45, 7) is 7.36. The molecule has 0 aromatic carbocycles. The number of fused-ring (bicyclic) bond motifs is 2. The van der Waals surface area contributed by atoms with Crippen LogP contribution in [0.2, 0.25) is 0 Å². The fraction of sp³-hybridized carbons (Fsp3) is 0.773. The minimum atomic E-state index is -0.717. The van der Waals surface area contributed by atoms with Crippen LogP contribution in [0.15, 0.2) is 23.3 Å². The van der Waals surface area contributed by atoms with Crippen molar-refractivity contribution >= 4 is 5.97 Å². The van der Waals surface area contributed by atoms with Crippen molar-refractivity contribution in [3.05, 3.63) is 23.3 Å². The zero-order valence-corrected chi connectivity index (χ0v) is 16.7. The number of ether oxygens (including phenoxy) is 2. The number of unbranched alkanes of at least 4 members (excludes halogenated alkanes) is 2. The van der Waals surface area contributed by atoms with Gasteiger partial charge in [-0.05, 0) is 64.4 Å². The molecule has 4 heteroatoms. The average molecular weight is 365 g/mol. The summed E-state index contributed by atoms with van der Waals surface area (Å²) in [6, 6.07) is 0. The minimum absolute atomic E-state index is 0.200. The van der Waals surface area contributed by atoms with E-state index in [0.717, 1.165) is 25.7 Å². The van der Waals surface area contributed by atoms with Gasteiger partial charge in [0.15, 0.2) is 0 Å². The molecule has 2 bridgehead atoms. The number of hydrogen-bond acceptors (Lipinski definition) is 3. The Kier molecular flexibility index (Phi) is 8.86. The Morgan fingerprint density at radius 1 is 1.12 bits per heavy atom. The van der Waals surface area contributed by atoms with E-state index in [1.165, 1.54) is 30.4 Å². The minimum Gasteiger partial charge on any atom is -0.481 e. The molecule has 0 spiro atoms. The number of hydrogen-bond donors (Lipinski definition) is 1. The fourth-order valence-corrected chi connectivity index (χ4v) is 3.99. The first-order chi connectivity index (χ1) is 12.5. The predicted octanol–water partition coefficient (Wildman–Crippen LogP) is 5.28. The summed E-state index contributed by atoms with van der Waals surface area (Å²) in [7, 11) is 0. The quantitative estimate of drug-likeness (QED) is 0.378. The van der Waals surface area contributed by atoms with Crippen LogP contribution < -0.4 is 0 Å². The molecule has 2 fully saturated rings. The van der Waals surface area contributed by atoms with Gasteiger partial charge in [-0.25, -0.2) is 0 Å². The third kappa shape index (κ3) is 6.24. The zero-order chi connectivity index (χ0) is 18.9. The van der Waals surface area contributed by atoms with Crippen molar-refractivity contribution in [2.24, 2.45) is 5.92 Å². The molecule has 0 aliphatic carbocycles. The molecule has 2 heterocycles. The summed E-state index contributed by atoms with van der Waals surface area (Å²) in [5, 5.41) is 8.68. The van der Waals surface area contributed by atoms with Gasteiger partial charge < -0.3 is 14.6 Å². The van der Waals surface area contributed by atoms with Gasteiger partial charge in [-0.3, -0.25) is 4.79 Å². The average Bonchev–Trinajstić information content (AvgIpc) is 3.21. The van der Waals surface area contributed by atoms with Gasteiger partial charge in [0, 0.05) is 12.3 Å². The summed E-state index contributed by atoms with van der Waals surface area (Å²) >= 11 is 0. The van der Waals surface area contributed by atoms with Gasteiger partial charge in [0.2, 0.25) is 0 Å². The number of rotatable bonds is 12. The van der Waals surface area contributed by atoms with Crippen LogP contribution in [0.25, 0.3) is 0 Å². The Morgan fingerprint density at radius 2 is 1.88 bits per heavy atom. The van der Waals surface area contributed by atoms with Gasteiger partial charge in [0.05, 0.1) is 24.9 Å². The highest BCUT2D eigenvalue weighted by Gasteiger charge is 2.48. The lowest BCUT2D eigenvalue weighted by atomic mass is 9.84. The van der Waals surface area contributed by atoms with Crippen molar-refractivity contribution in [3.8, 4) is 0 Å². The molecular formula is C22H36O4. The Bertz CT molecular complexity index is 508. The lowest BCUT2D eigenvalue weighted by Crippen LogP contribution is -2.35. The maximum absolute atomic E-state index is 10.5. The van der Waals surface area contributed by atoms with E-state index in [9.17, 15) is 4.79 Å². The van der Waals surface area contributed by atoms with E-state index in [1.54, 1.807) is 0 Å². The Morgan fingerprint density at radius 3 is 2.62 bits per heavy atom. The van der Waals surface area contributed by atoms with E-state index >= 15 is 0 Å². The highest BCUT2D eigenvalue weighted by molar-refractivity contribution is 5.66. The summed E-state index contributed by atoms with van der Waals surface area (Å²) in [6.07, 6.45) is 13.8. The van der Waals surface area contributed by atoms with Gasteiger partial charge in [-0.1, -0.05) is 31.1 Å². The third-order valence-corrected chi connectivity index (χ3v) is 5.81. The summed E-state index contributed by atoms with van der Waals surface area (Å²) in [5.41, 5.74) is 2.83. The van der Waals surface area contributed by atoms with E-state index in [2.05, 4.69) is 32.9 Å². The third-order valence-electron chi connectivity index (χ3n) is 5.81. The van der Waals surface area contributed by atoms with E-state index in [-0.39, 0.29) is 18.6 Å². The smallest absolute Gasteiger partial charge is 0.303 e. The second kappa shape index (κ2) is 10.9. The number of aliphatic carboxylic acids is 1. The standard InChI is InChI=1S/C22H36O4/c1-4-5-10-16(2)17(3)15-25-22-18(19-13-14-20(22)26-19)11-8-6-7-9-12-21(23)24/h6,8,18-20,22H,4-5,7,9-15H2,1-3H3,(H,23,24)/t18-,19+,20-,22+/m1/s1. The van der Waals surface area contributed by atoms with Crippen molar-refractivity contribution < 1.29 is 19.4 Å². The first kappa shape index (κ1) is 21.2. The number of allylic oxidation sites excluding steroid dienone is 3. The second-order valence-corrected chi connectivity index (χ2v) is 7.89. The van der Waals surface area contributed by atoms with E-state index in [4.69, 9.17) is 14.6 Å².